The lowest BCUT2D eigenvalue weighted by Gasteiger charge is -2.39. The van der Waals surface area contributed by atoms with Gasteiger partial charge in [-0.1, -0.05) is 31.4 Å². The highest BCUT2D eigenvalue weighted by molar-refractivity contribution is 6.21. The molecule has 1 aliphatic carbocycles. The maximum atomic E-state index is 12.7. The van der Waals surface area contributed by atoms with Crippen molar-refractivity contribution in [1.29, 1.82) is 5.26 Å². The molecule has 3 amide bonds. The van der Waals surface area contributed by atoms with Gasteiger partial charge in [-0.15, -0.1) is 0 Å². The molecule has 0 unspecified atom stereocenters. The molecule has 0 N–H and O–H groups in total. The fourth-order valence-electron chi connectivity index (χ4n) is 4.09. The zero-order valence-corrected chi connectivity index (χ0v) is 17.2. The smallest absolute Gasteiger partial charge is 0.308 e. The molecule has 8 nitrogen and oxygen atoms in total. The number of rotatable bonds is 6. The molecule has 1 heterocycles. The Hall–Kier alpha value is -3.21. The van der Waals surface area contributed by atoms with Gasteiger partial charge in [-0.05, 0) is 31.9 Å². The van der Waals surface area contributed by atoms with Crippen LogP contribution in [-0.4, -0.2) is 58.7 Å². The number of carbonyl (C=O) groups excluding carboxylic acids is 4. The Morgan fingerprint density at radius 3 is 2.27 bits per heavy atom. The van der Waals surface area contributed by atoms with Crippen molar-refractivity contribution in [2.75, 3.05) is 13.6 Å². The third-order valence-electron chi connectivity index (χ3n) is 5.94. The highest BCUT2D eigenvalue weighted by Gasteiger charge is 2.41. The second-order valence-corrected chi connectivity index (χ2v) is 7.79. The number of fused-ring (bicyclic) bond motifs is 1. The summed E-state index contributed by atoms with van der Waals surface area (Å²) in [6.45, 7) is 1.34. The number of carbonyl (C=O) groups is 4. The lowest BCUT2D eigenvalue weighted by molar-refractivity contribution is -0.161. The van der Waals surface area contributed by atoms with E-state index < -0.39 is 35.3 Å². The van der Waals surface area contributed by atoms with Gasteiger partial charge in [-0.25, -0.2) is 0 Å². The van der Waals surface area contributed by atoms with Crippen LogP contribution in [0.25, 0.3) is 0 Å². The zero-order valence-electron chi connectivity index (χ0n) is 17.2. The van der Waals surface area contributed by atoms with Gasteiger partial charge in [0.2, 0.25) is 0 Å². The second-order valence-electron chi connectivity index (χ2n) is 7.79. The number of ether oxygens (including phenoxy) is 1. The standard InChI is InChI=1S/C22H25N3O5/c1-15(19(27)24(2)22(14-23)11-6-3-7-12-22)30-18(26)10-13-25-20(28)16-8-4-5-9-17(16)21(25)29/h4-5,8-9,15H,3,6-7,10-13H2,1-2H3/t15-/m1/s1. The average Bonchev–Trinajstić information content (AvgIpc) is 3.01. The van der Waals surface area contributed by atoms with Crippen LogP contribution in [0.4, 0.5) is 0 Å². The van der Waals surface area contributed by atoms with Crippen molar-refractivity contribution in [2.45, 2.75) is 57.1 Å². The van der Waals surface area contributed by atoms with Gasteiger partial charge in [-0.2, -0.15) is 5.26 Å². The van der Waals surface area contributed by atoms with Crippen molar-refractivity contribution in [3.63, 3.8) is 0 Å². The highest BCUT2D eigenvalue weighted by atomic mass is 16.5. The molecule has 30 heavy (non-hydrogen) atoms. The molecule has 1 aromatic carbocycles. The van der Waals surface area contributed by atoms with Gasteiger partial charge >= 0.3 is 5.97 Å². The van der Waals surface area contributed by atoms with E-state index in [1.165, 1.54) is 11.8 Å². The first-order chi connectivity index (χ1) is 14.3. The van der Waals surface area contributed by atoms with Crippen LogP contribution < -0.4 is 0 Å². The van der Waals surface area contributed by atoms with E-state index in [1.54, 1.807) is 31.3 Å². The first kappa shape index (κ1) is 21.5. The molecule has 1 saturated carbocycles. The molecule has 3 rings (SSSR count). The summed E-state index contributed by atoms with van der Waals surface area (Å²) in [4.78, 5) is 52.1. The van der Waals surface area contributed by atoms with Crippen LogP contribution in [0.1, 0.15) is 66.2 Å². The summed E-state index contributed by atoms with van der Waals surface area (Å²) in [6.07, 6.45) is 2.72. The first-order valence-corrected chi connectivity index (χ1v) is 10.1. The highest BCUT2D eigenvalue weighted by Crippen LogP contribution is 2.33. The van der Waals surface area contributed by atoms with Gasteiger partial charge in [0.25, 0.3) is 17.7 Å². The Labute approximate surface area is 175 Å². The predicted molar refractivity (Wildman–Crippen MR) is 106 cm³/mol. The zero-order chi connectivity index (χ0) is 21.9. The van der Waals surface area contributed by atoms with Crippen molar-refractivity contribution >= 4 is 23.7 Å². The fraction of sp³-hybridized carbons (Fsp3) is 0.500. The van der Waals surface area contributed by atoms with Crippen molar-refractivity contribution in [3.8, 4) is 6.07 Å². The van der Waals surface area contributed by atoms with Gasteiger partial charge in [0.1, 0.15) is 5.54 Å². The van der Waals surface area contributed by atoms with Gasteiger partial charge in [0.15, 0.2) is 6.10 Å². The van der Waals surface area contributed by atoms with E-state index >= 15 is 0 Å². The molecule has 0 radical (unpaired) electrons. The van der Waals surface area contributed by atoms with E-state index in [-0.39, 0.29) is 13.0 Å². The van der Waals surface area contributed by atoms with Crippen molar-refractivity contribution in [1.82, 2.24) is 9.80 Å². The number of amides is 3. The number of likely N-dealkylation sites (N-methyl/N-ethyl adjacent to an activating group) is 1. The number of nitrogens with zero attached hydrogens (tertiary/aromatic N) is 3. The summed E-state index contributed by atoms with van der Waals surface area (Å²) in [5.74, 6) is -2.01. The number of nitriles is 1. The summed E-state index contributed by atoms with van der Waals surface area (Å²) < 4.78 is 5.23. The third-order valence-corrected chi connectivity index (χ3v) is 5.94. The molecule has 1 fully saturated rings. The number of benzene rings is 1. The number of imide groups is 1. The lowest BCUT2D eigenvalue weighted by Crippen LogP contribution is -2.53. The quantitative estimate of drug-likeness (QED) is 0.525. The van der Waals surface area contributed by atoms with E-state index in [9.17, 15) is 24.4 Å². The minimum absolute atomic E-state index is 0.121. The van der Waals surface area contributed by atoms with Gasteiger partial charge < -0.3 is 9.64 Å². The maximum absolute atomic E-state index is 12.7. The molecule has 0 spiro atoms. The summed E-state index contributed by atoms with van der Waals surface area (Å²) in [5, 5.41) is 9.63. The van der Waals surface area contributed by atoms with E-state index in [1.807, 2.05) is 0 Å². The predicted octanol–water partition coefficient (Wildman–Crippen LogP) is 2.29. The van der Waals surface area contributed by atoms with Crippen LogP contribution in [0, 0.1) is 11.3 Å². The van der Waals surface area contributed by atoms with E-state index in [0.717, 1.165) is 24.2 Å². The summed E-state index contributed by atoms with van der Waals surface area (Å²) in [5.41, 5.74) is -0.235. The number of hydrogen-bond donors (Lipinski definition) is 0. The molecule has 0 aromatic heterocycles. The molecule has 158 valence electrons. The molecular formula is C22H25N3O5. The second kappa shape index (κ2) is 8.66. The first-order valence-electron chi connectivity index (χ1n) is 10.1. The Kier molecular flexibility index (Phi) is 6.20. The molecule has 0 bridgehead atoms. The van der Waals surface area contributed by atoms with Crippen LogP contribution in [0.3, 0.4) is 0 Å². The van der Waals surface area contributed by atoms with Crippen molar-refractivity contribution in [2.24, 2.45) is 0 Å². The number of esters is 1. The topological polar surface area (TPSA) is 108 Å². The Balaban J connectivity index is 1.55. The SMILES string of the molecule is C[C@@H](OC(=O)CCN1C(=O)c2ccccc2C1=O)C(=O)N(C)C1(C#N)CCCCC1. The summed E-state index contributed by atoms with van der Waals surface area (Å²) in [7, 11) is 1.57. The van der Waals surface area contributed by atoms with E-state index in [4.69, 9.17) is 4.74 Å². The van der Waals surface area contributed by atoms with Crippen LogP contribution >= 0.6 is 0 Å². The molecule has 8 heteroatoms. The minimum atomic E-state index is -1.06. The van der Waals surface area contributed by atoms with Crippen LogP contribution in [-0.2, 0) is 14.3 Å². The van der Waals surface area contributed by atoms with Crippen LogP contribution in [0.2, 0.25) is 0 Å². The monoisotopic (exact) mass is 411 g/mol. The molecule has 1 aromatic rings. The fourth-order valence-corrected chi connectivity index (χ4v) is 4.09. The largest absolute Gasteiger partial charge is 0.452 e. The Bertz CT molecular complexity index is 879. The van der Waals surface area contributed by atoms with Gasteiger partial charge in [0, 0.05) is 13.6 Å². The normalized spacial score (nSPS) is 18.4. The van der Waals surface area contributed by atoms with E-state index in [0.29, 0.717) is 24.0 Å². The molecule has 1 atom stereocenters. The van der Waals surface area contributed by atoms with Gasteiger partial charge in [0.05, 0.1) is 23.6 Å². The third kappa shape index (κ3) is 3.92. The van der Waals surface area contributed by atoms with Gasteiger partial charge in [-0.3, -0.25) is 24.1 Å². The molecule has 1 aliphatic heterocycles. The molecular weight excluding hydrogens is 386 g/mol. The molecule has 0 saturated heterocycles. The van der Waals surface area contributed by atoms with Crippen molar-refractivity contribution in [3.05, 3.63) is 35.4 Å². The summed E-state index contributed by atoms with van der Waals surface area (Å²) in [6, 6.07) is 8.76. The summed E-state index contributed by atoms with van der Waals surface area (Å²) >= 11 is 0. The average molecular weight is 411 g/mol. The minimum Gasteiger partial charge on any atom is -0.452 e. The van der Waals surface area contributed by atoms with Crippen molar-refractivity contribution < 1.29 is 23.9 Å². The lowest BCUT2D eigenvalue weighted by atomic mass is 9.81. The Morgan fingerprint density at radius 2 is 1.73 bits per heavy atom. The molecule has 2 aliphatic rings. The van der Waals surface area contributed by atoms with Crippen LogP contribution in [0.5, 0.6) is 0 Å². The Morgan fingerprint density at radius 1 is 1.17 bits per heavy atom. The van der Waals surface area contributed by atoms with Crippen LogP contribution in [0.15, 0.2) is 24.3 Å². The number of hydrogen-bond acceptors (Lipinski definition) is 6. The maximum Gasteiger partial charge on any atom is 0.308 e. The van der Waals surface area contributed by atoms with E-state index in [2.05, 4.69) is 6.07 Å².